The lowest BCUT2D eigenvalue weighted by Crippen LogP contribution is -1.91. The largest absolute Gasteiger partial charge is 0.399 e. The topological polar surface area (TPSA) is 26.0 Å². The molecule has 0 saturated heterocycles. The van der Waals surface area contributed by atoms with Gasteiger partial charge in [0, 0.05) is 5.69 Å². The molecule has 0 heterocycles. The molecule has 64 valence electrons. The summed E-state index contributed by atoms with van der Waals surface area (Å²) in [6.07, 6.45) is 2.61. The van der Waals surface area contributed by atoms with E-state index in [2.05, 4.69) is 19.1 Å². The van der Waals surface area contributed by atoms with Gasteiger partial charge in [-0.05, 0) is 42.4 Å². The summed E-state index contributed by atoms with van der Waals surface area (Å²) in [7, 11) is 0. The third kappa shape index (κ3) is 1.60. The Morgan fingerprint density at radius 2 is 2.25 bits per heavy atom. The second-order valence-corrected chi connectivity index (χ2v) is 3.92. The molecule has 1 nitrogen and oxygen atoms in total. The molecule has 0 aromatic heterocycles. The van der Waals surface area contributed by atoms with E-state index in [1.807, 2.05) is 12.1 Å². The molecule has 1 fully saturated rings. The van der Waals surface area contributed by atoms with Gasteiger partial charge in [0.05, 0.1) is 0 Å². The lowest BCUT2D eigenvalue weighted by molar-refractivity contribution is 0.747. The Hall–Kier alpha value is -0.980. The van der Waals surface area contributed by atoms with Crippen LogP contribution < -0.4 is 5.73 Å². The highest BCUT2D eigenvalue weighted by molar-refractivity contribution is 5.40. The van der Waals surface area contributed by atoms with Crippen LogP contribution in [0.4, 0.5) is 5.69 Å². The van der Waals surface area contributed by atoms with E-state index in [0.29, 0.717) is 0 Å². The first kappa shape index (κ1) is 7.66. The zero-order chi connectivity index (χ0) is 8.55. The molecule has 12 heavy (non-hydrogen) atoms. The fraction of sp³-hybridized carbons (Fsp3) is 0.455. The Labute approximate surface area is 73.6 Å². The van der Waals surface area contributed by atoms with Gasteiger partial charge in [0.25, 0.3) is 0 Å². The van der Waals surface area contributed by atoms with Gasteiger partial charge < -0.3 is 5.73 Å². The number of hydrogen-bond donors (Lipinski definition) is 1. The molecule has 1 heteroatoms. The van der Waals surface area contributed by atoms with E-state index in [1.54, 1.807) is 0 Å². The Kier molecular flexibility index (Phi) is 1.80. The summed E-state index contributed by atoms with van der Waals surface area (Å²) in [4.78, 5) is 0. The minimum Gasteiger partial charge on any atom is -0.399 e. The van der Waals surface area contributed by atoms with Crippen molar-refractivity contribution in [3.05, 3.63) is 29.8 Å². The summed E-state index contributed by atoms with van der Waals surface area (Å²) in [6.45, 7) is 2.32. The minimum atomic E-state index is 0.890. The Morgan fingerprint density at radius 1 is 1.50 bits per heavy atom. The van der Waals surface area contributed by atoms with Gasteiger partial charge in [-0.25, -0.2) is 0 Å². The van der Waals surface area contributed by atoms with Crippen LogP contribution in [0.25, 0.3) is 0 Å². The maximum Gasteiger partial charge on any atom is 0.0316 e. The second kappa shape index (κ2) is 2.81. The van der Waals surface area contributed by atoms with Gasteiger partial charge >= 0.3 is 0 Å². The molecule has 0 amide bonds. The van der Waals surface area contributed by atoms with Crippen molar-refractivity contribution < 1.29 is 0 Å². The number of nitrogen functional groups attached to an aromatic ring is 1. The molecule has 1 aliphatic carbocycles. The molecular weight excluding hydrogens is 146 g/mol. The molecule has 1 aliphatic rings. The van der Waals surface area contributed by atoms with E-state index >= 15 is 0 Å². The summed E-state index contributed by atoms with van der Waals surface area (Å²) in [5.74, 6) is 1.86. The van der Waals surface area contributed by atoms with Crippen molar-refractivity contribution in [3.8, 4) is 0 Å². The number of anilines is 1. The van der Waals surface area contributed by atoms with Crippen molar-refractivity contribution in [3.63, 3.8) is 0 Å². The monoisotopic (exact) mass is 161 g/mol. The van der Waals surface area contributed by atoms with Crippen LogP contribution in [0, 0.1) is 11.8 Å². The van der Waals surface area contributed by atoms with Crippen LogP contribution in [-0.4, -0.2) is 0 Å². The molecule has 0 radical (unpaired) electrons. The van der Waals surface area contributed by atoms with Gasteiger partial charge in [-0.3, -0.25) is 0 Å². The number of rotatable bonds is 2. The summed E-state index contributed by atoms with van der Waals surface area (Å²) in [5.41, 5.74) is 7.97. The third-order valence-corrected chi connectivity index (χ3v) is 2.73. The van der Waals surface area contributed by atoms with Crippen LogP contribution >= 0.6 is 0 Å². The van der Waals surface area contributed by atoms with Crippen molar-refractivity contribution in [1.82, 2.24) is 0 Å². The van der Waals surface area contributed by atoms with Crippen molar-refractivity contribution in [1.29, 1.82) is 0 Å². The molecule has 0 spiro atoms. The van der Waals surface area contributed by atoms with E-state index in [1.165, 1.54) is 18.4 Å². The van der Waals surface area contributed by atoms with Crippen molar-refractivity contribution in [2.75, 3.05) is 5.73 Å². The lowest BCUT2D eigenvalue weighted by atomic mass is 10.1. The van der Waals surface area contributed by atoms with Crippen LogP contribution in [-0.2, 0) is 6.42 Å². The van der Waals surface area contributed by atoms with E-state index in [9.17, 15) is 0 Å². The fourth-order valence-corrected chi connectivity index (χ4v) is 1.71. The van der Waals surface area contributed by atoms with Crippen molar-refractivity contribution in [2.24, 2.45) is 11.8 Å². The number of nitrogens with two attached hydrogens (primary N) is 1. The first-order chi connectivity index (χ1) is 5.75. The van der Waals surface area contributed by atoms with Crippen LogP contribution in [0.2, 0.25) is 0 Å². The molecule has 0 bridgehead atoms. The van der Waals surface area contributed by atoms with Gasteiger partial charge in [-0.2, -0.15) is 0 Å². The minimum absolute atomic E-state index is 0.890. The van der Waals surface area contributed by atoms with Gasteiger partial charge in [0.15, 0.2) is 0 Å². The summed E-state index contributed by atoms with van der Waals surface area (Å²) >= 11 is 0. The molecule has 1 aromatic rings. The average Bonchev–Trinajstić information content (AvgIpc) is 2.66. The molecule has 2 unspecified atom stereocenters. The summed E-state index contributed by atoms with van der Waals surface area (Å²) in [6, 6.07) is 8.24. The fourth-order valence-electron chi connectivity index (χ4n) is 1.71. The van der Waals surface area contributed by atoms with Gasteiger partial charge in [0.1, 0.15) is 0 Å². The normalized spacial score (nSPS) is 27.1. The van der Waals surface area contributed by atoms with Crippen LogP contribution in [0.3, 0.4) is 0 Å². The predicted molar refractivity (Wildman–Crippen MR) is 51.8 cm³/mol. The molecule has 2 N–H and O–H groups in total. The summed E-state index contributed by atoms with van der Waals surface area (Å²) < 4.78 is 0. The lowest BCUT2D eigenvalue weighted by Gasteiger charge is -2.00. The molecule has 2 rings (SSSR count). The van der Waals surface area contributed by atoms with Crippen molar-refractivity contribution >= 4 is 5.69 Å². The van der Waals surface area contributed by atoms with Gasteiger partial charge in [-0.15, -0.1) is 0 Å². The number of hydrogen-bond acceptors (Lipinski definition) is 1. The molecule has 2 atom stereocenters. The summed E-state index contributed by atoms with van der Waals surface area (Å²) in [5, 5.41) is 0. The Bertz CT molecular complexity index is 280. The highest BCUT2D eigenvalue weighted by Crippen LogP contribution is 2.40. The SMILES string of the molecule is CC1CC1Cc1cccc(N)c1. The van der Waals surface area contributed by atoms with E-state index in [-0.39, 0.29) is 0 Å². The molecule has 1 aromatic carbocycles. The van der Waals surface area contributed by atoms with Crippen molar-refractivity contribution in [2.45, 2.75) is 19.8 Å². The van der Waals surface area contributed by atoms with Crippen LogP contribution in [0.5, 0.6) is 0 Å². The number of benzene rings is 1. The van der Waals surface area contributed by atoms with Crippen LogP contribution in [0.15, 0.2) is 24.3 Å². The van der Waals surface area contributed by atoms with E-state index in [4.69, 9.17) is 5.73 Å². The van der Waals surface area contributed by atoms with E-state index < -0.39 is 0 Å². The first-order valence-electron chi connectivity index (χ1n) is 4.60. The maximum atomic E-state index is 5.69. The highest BCUT2D eigenvalue weighted by atomic mass is 14.5. The molecular formula is C11H15N. The van der Waals surface area contributed by atoms with Gasteiger partial charge in [-0.1, -0.05) is 19.1 Å². The van der Waals surface area contributed by atoms with Crippen LogP contribution in [0.1, 0.15) is 18.9 Å². The second-order valence-electron chi connectivity index (χ2n) is 3.92. The predicted octanol–water partition coefficient (Wildman–Crippen LogP) is 2.47. The first-order valence-corrected chi connectivity index (χ1v) is 4.60. The highest BCUT2D eigenvalue weighted by Gasteiger charge is 2.31. The Balaban J connectivity index is 2.03. The average molecular weight is 161 g/mol. The third-order valence-electron chi connectivity index (χ3n) is 2.73. The van der Waals surface area contributed by atoms with E-state index in [0.717, 1.165) is 17.5 Å². The van der Waals surface area contributed by atoms with Gasteiger partial charge in [0.2, 0.25) is 0 Å². The zero-order valence-electron chi connectivity index (χ0n) is 7.46. The zero-order valence-corrected chi connectivity index (χ0v) is 7.46. The molecule has 0 aliphatic heterocycles. The Morgan fingerprint density at radius 3 is 2.83 bits per heavy atom. The molecule has 1 saturated carbocycles. The standard InChI is InChI=1S/C11H15N/c1-8-5-10(8)6-9-3-2-4-11(12)7-9/h2-4,7-8,10H,5-6,12H2,1H3. The quantitative estimate of drug-likeness (QED) is 0.662. The maximum absolute atomic E-state index is 5.69. The smallest absolute Gasteiger partial charge is 0.0316 e.